The zero-order valence-corrected chi connectivity index (χ0v) is 12.9. The molecule has 0 aliphatic carbocycles. The van der Waals surface area contributed by atoms with Gasteiger partial charge in [-0.2, -0.15) is 0 Å². The molecule has 4 nitrogen and oxygen atoms in total. The molecule has 0 amide bonds. The normalized spacial score (nSPS) is 10.4. The first kappa shape index (κ1) is 15.2. The number of benzene rings is 1. The minimum Gasteiger partial charge on any atom is -0.485 e. The van der Waals surface area contributed by atoms with Crippen molar-refractivity contribution in [1.82, 2.24) is 4.57 Å². The molecule has 112 valence electrons. The van der Waals surface area contributed by atoms with E-state index in [0.717, 1.165) is 24.5 Å². The highest BCUT2D eigenvalue weighted by Crippen LogP contribution is 2.21. The first-order valence-electron chi connectivity index (χ1n) is 7.28. The first-order valence-corrected chi connectivity index (χ1v) is 7.28. The van der Waals surface area contributed by atoms with Gasteiger partial charge in [0.1, 0.15) is 5.75 Å². The zero-order valence-electron chi connectivity index (χ0n) is 12.9. The van der Waals surface area contributed by atoms with Gasteiger partial charge in [-0.05, 0) is 38.1 Å². The standard InChI is InChI=1S/C17H22N2O2/c1-4-19(5-2)14-8-6-9-15(12-14)21-13-17(20)16-10-7-11-18(16)3/h6-12H,4-5,13H2,1-3H3. The number of ketones is 1. The molecule has 0 bridgehead atoms. The molecule has 0 aliphatic heterocycles. The van der Waals surface area contributed by atoms with Crippen LogP contribution in [0.5, 0.6) is 5.75 Å². The molecule has 0 saturated carbocycles. The summed E-state index contributed by atoms with van der Waals surface area (Å²) in [5.74, 6) is 0.706. The van der Waals surface area contributed by atoms with E-state index in [1.807, 2.05) is 37.5 Å². The summed E-state index contributed by atoms with van der Waals surface area (Å²) in [5.41, 5.74) is 1.78. The SMILES string of the molecule is CCN(CC)c1cccc(OCC(=O)c2cccn2C)c1. The highest BCUT2D eigenvalue weighted by atomic mass is 16.5. The molecule has 1 heterocycles. The van der Waals surface area contributed by atoms with Crippen molar-refractivity contribution < 1.29 is 9.53 Å². The Balaban J connectivity index is 2.02. The van der Waals surface area contributed by atoms with Crippen molar-refractivity contribution in [2.24, 2.45) is 7.05 Å². The van der Waals surface area contributed by atoms with Gasteiger partial charge in [-0.25, -0.2) is 0 Å². The first-order chi connectivity index (χ1) is 10.2. The summed E-state index contributed by atoms with van der Waals surface area (Å²) in [6.07, 6.45) is 1.86. The number of nitrogens with zero attached hydrogens (tertiary/aromatic N) is 2. The van der Waals surface area contributed by atoms with Crippen molar-refractivity contribution in [3.63, 3.8) is 0 Å². The molecule has 0 fully saturated rings. The summed E-state index contributed by atoms with van der Waals surface area (Å²) in [4.78, 5) is 14.3. The number of aromatic nitrogens is 1. The van der Waals surface area contributed by atoms with Crippen LogP contribution in [0.15, 0.2) is 42.6 Å². The molecule has 21 heavy (non-hydrogen) atoms. The van der Waals surface area contributed by atoms with Crippen molar-refractivity contribution in [3.05, 3.63) is 48.3 Å². The predicted octanol–water partition coefficient (Wildman–Crippen LogP) is 3.13. The monoisotopic (exact) mass is 286 g/mol. The highest BCUT2D eigenvalue weighted by molar-refractivity contribution is 5.95. The van der Waals surface area contributed by atoms with Crippen molar-refractivity contribution in [1.29, 1.82) is 0 Å². The van der Waals surface area contributed by atoms with Crippen LogP contribution in [0.1, 0.15) is 24.3 Å². The molecule has 0 radical (unpaired) electrons. The number of anilines is 1. The van der Waals surface area contributed by atoms with E-state index in [9.17, 15) is 4.79 Å². The van der Waals surface area contributed by atoms with Gasteiger partial charge in [-0.1, -0.05) is 6.07 Å². The fourth-order valence-corrected chi connectivity index (χ4v) is 2.33. The van der Waals surface area contributed by atoms with Gasteiger partial charge in [0.2, 0.25) is 5.78 Å². The smallest absolute Gasteiger partial charge is 0.216 e. The molecular formula is C17H22N2O2. The van der Waals surface area contributed by atoms with Gasteiger partial charge in [-0.15, -0.1) is 0 Å². The summed E-state index contributed by atoms with van der Waals surface area (Å²) in [6, 6.07) is 11.5. The number of hydrogen-bond donors (Lipinski definition) is 0. The van der Waals surface area contributed by atoms with Crippen LogP contribution in [-0.2, 0) is 7.05 Å². The third kappa shape index (κ3) is 3.66. The summed E-state index contributed by atoms with van der Waals surface area (Å²) >= 11 is 0. The van der Waals surface area contributed by atoms with Gasteiger partial charge in [0.05, 0.1) is 5.69 Å². The van der Waals surface area contributed by atoms with E-state index < -0.39 is 0 Å². The zero-order chi connectivity index (χ0) is 15.2. The van der Waals surface area contributed by atoms with Gasteiger partial charge in [0, 0.05) is 38.1 Å². The lowest BCUT2D eigenvalue weighted by atomic mass is 10.2. The Morgan fingerprint density at radius 2 is 1.95 bits per heavy atom. The Kier molecular flexibility index (Phi) is 5.04. The number of Topliss-reactive ketones (excluding diaryl/α,β-unsaturated/α-hetero) is 1. The maximum absolute atomic E-state index is 12.1. The maximum atomic E-state index is 12.1. The van der Waals surface area contributed by atoms with Gasteiger partial charge in [0.15, 0.2) is 6.61 Å². The molecule has 4 heteroatoms. The average molecular weight is 286 g/mol. The van der Waals surface area contributed by atoms with Crippen LogP contribution >= 0.6 is 0 Å². The van der Waals surface area contributed by atoms with Crippen molar-refractivity contribution in [3.8, 4) is 5.75 Å². The lowest BCUT2D eigenvalue weighted by molar-refractivity contribution is 0.0913. The minimum absolute atomic E-state index is 0.0178. The lowest BCUT2D eigenvalue weighted by Crippen LogP contribution is -2.21. The van der Waals surface area contributed by atoms with E-state index in [1.165, 1.54) is 0 Å². The van der Waals surface area contributed by atoms with Gasteiger partial charge >= 0.3 is 0 Å². The number of hydrogen-bond acceptors (Lipinski definition) is 3. The van der Waals surface area contributed by atoms with E-state index in [4.69, 9.17) is 4.74 Å². The Morgan fingerprint density at radius 3 is 2.57 bits per heavy atom. The van der Waals surface area contributed by atoms with Crippen LogP contribution in [0.25, 0.3) is 0 Å². The number of carbonyl (C=O) groups is 1. The van der Waals surface area contributed by atoms with Gasteiger partial charge < -0.3 is 14.2 Å². The summed E-state index contributed by atoms with van der Waals surface area (Å²) in [5, 5.41) is 0. The number of carbonyl (C=O) groups excluding carboxylic acids is 1. The molecule has 2 aromatic rings. The van der Waals surface area contributed by atoms with Crippen molar-refractivity contribution >= 4 is 11.5 Å². The van der Waals surface area contributed by atoms with Crippen LogP contribution in [0, 0.1) is 0 Å². The number of aryl methyl sites for hydroxylation is 1. The van der Waals surface area contributed by atoms with Crippen LogP contribution < -0.4 is 9.64 Å². The number of rotatable bonds is 7. The molecule has 0 atom stereocenters. The molecule has 0 saturated heterocycles. The molecular weight excluding hydrogens is 264 g/mol. The third-order valence-electron chi connectivity index (χ3n) is 3.55. The van der Waals surface area contributed by atoms with E-state index in [-0.39, 0.29) is 12.4 Å². The van der Waals surface area contributed by atoms with Crippen molar-refractivity contribution in [2.45, 2.75) is 13.8 Å². The van der Waals surface area contributed by atoms with Crippen LogP contribution in [0.2, 0.25) is 0 Å². The predicted molar refractivity (Wildman–Crippen MR) is 85.2 cm³/mol. The fraction of sp³-hybridized carbons (Fsp3) is 0.353. The third-order valence-corrected chi connectivity index (χ3v) is 3.55. The van der Waals surface area contributed by atoms with Crippen LogP contribution in [0.4, 0.5) is 5.69 Å². The molecule has 2 rings (SSSR count). The Hall–Kier alpha value is -2.23. The second-order valence-electron chi connectivity index (χ2n) is 4.89. The largest absolute Gasteiger partial charge is 0.485 e. The topological polar surface area (TPSA) is 34.5 Å². The van der Waals surface area contributed by atoms with Crippen LogP contribution in [0.3, 0.4) is 0 Å². The number of ether oxygens (including phenoxy) is 1. The second kappa shape index (κ2) is 6.97. The maximum Gasteiger partial charge on any atom is 0.216 e. The van der Waals surface area contributed by atoms with Crippen molar-refractivity contribution in [2.75, 3.05) is 24.6 Å². The minimum atomic E-state index is -0.0178. The molecule has 0 unspecified atom stereocenters. The summed E-state index contributed by atoms with van der Waals surface area (Å²) < 4.78 is 7.44. The molecule has 1 aromatic carbocycles. The second-order valence-corrected chi connectivity index (χ2v) is 4.89. The van der Waals surface area contributed by atoms with E-state index in [2.05, 4.69) is 24.8 Å². The molecule has 0 aliphatic rings. The molecule has 0 N–H and O–H groups in total. The van der Waals surface area contributed by atoms with E-state index in [0.29, 0.717) is 5.69 Å². The van der Waals surface area contributed by atoms with Crippen LogP contribution in [-0.4, -0.2) is 30.0 Å². The van der Waals surface area contributed by atoms with Gasteiger partial charge in [-0.3, -0.25) is 4.79 Å². The Labute approximate surface area is 125 Å². The fourth-order valence-electron chi connectivity index (χ4n) is 2.33. The Bertz CT molecular complexity index is 600. The average Bonchev–Trinajstić information content (AvgIpc) is 2.93. The highest BCUT2D eigenvalue weighted by Gasteiger charge is 2.10. The van der Waals surface area contributed by atoms with E-state index >= 15 is 0 Å². The lowest BCUT2D eigenvalue weighted by Gasteiger charge is -2.21. The Morgan fingerprint density at radius 1 is 1.19 bits per heavy atom. The summed E-state index contributed by atoms with van der Waals surface area (Å²) in [7, 11) is 1.86. The quantitative estimate of drug-likeness (QED) is 0.733. The molecule has 0 spiro atoms. The molecule has 1 aromatic heterocycles. The van der Waals surface area contributed by atoms with E-state index in [1.54, 1.807) is 10.6 Å². The van der Waals surface area contributed by atoms with Gasteiger partial charge in [0.25, 0.3) is 0 Å². The summed E-state index contributed by atoms with van der Waals surface area (Å²) in [6.45, 7) is 6.19.